The average molecular weight is 367 g/mol. The molecule has 1 aromatic carbocycles. The molecule has 2 N–H and O–H groups in total. The highest BCUT2D eigenvalue weighted by atomic mass is 35.5. The zero-order valence-electron chi connectivity index (χ0n) is 13.0. The summed E-state index contributed by atoms with van der Waals surface area (Å²) in [5.41, 5.74) is 0.680. The molecule has 0 aliphatic heterocycles. The van der Waals surface area contributed by atoms with Crippen molar-refractivity contribution in [2.45, 2.75) is 12.8 Å². The van der Waals surface area contributed by atoms with E-state index in [1.807, 2.05) is 4.72 Å². The van der Waals surface area contributed by atoms with Gasteiger partial charge in [0.25, 0.3) is 10.0 Å². The lowest BCUT2D eigenvalue weighted by Crippen LogP contribution is -2.41. The Morgan fingerprint density at radius 2 is 1.96 bits per heavy atom. The molecule has 2 aliphatic carbocycles. The molecular formula is C17H19ClN2O3S. The number of carbonyl (C=O) groups is 1. The van der Waals surface area contributed by atoms with Crippen LogP contribution in [0.2, 0.25) is 5.02 Å². The molecule has 2 amide bonds. The van der Waals surface area contributed by atoms with Crippen LogP contribution in [0.15, 0.2) is 41.8 Å². The summed E-state index contributed by atoms with van der Waals surface area (Å²) in [5, 5.41) is 4.20. The first kappa shape index (κ1) is 17.0. The smallest absolute Gasteiger partial charge is 0.328 e. The van der Waals surface area contributed by atoms with Crippen molar-refractivity contribution >= 4 is 33.7 Å². The van der Waals surface area contributed by atoms with E-state index in [1.165, 1.54) is 6.08 Å². The summed E-state index contributed by atoms with van der Waals surface area (Å²) in [6.07, 6.45) is 8.05. The molecule has 2 aliphatic rings. The van der Waals surface area contributed by atoms with Crippen molar-refractivity contribution in [2.24, 2.45) is 17.8 Å². The fourth-order valence-electron chi connectivity index (χ4n) is 3.29. The standard InChI is InChI=1S/C17H19ClN2O3S/c18-16-5-2-12(3-6-16)7-8-24(22,23)20-17(21)19-11-15-10-13-1-4-14(15)9-13/h1-8,13-15H,9-11H2,(H2,19,20,21). The number of nitrogens with one attached hydrogen (secondary N) is 2. The number of carbonyl (C=O) groups excluding carboxylic acids is 1. The summed E-state index contributed by atoms with van der Waals surface area (Å²) in [6.45, 7) is 0.494. The first-order chi connectivity index (χ1) is 11.4. The minimum absolute atomic E-state index is 0.401. The van der Waals surface area contributed by atoms with Crippen LogP contribution in [0.1, 0.15) is 18.4 Å². The lowest BCUT2D eigenvalue weighted by atomic mass is 9.94. The molecule has 0 radical (unpaired) electrons. The van der Waals surface area contributed by atoms with Gasteiger partial charge in [-0.05, 0) is 54.4 Å². The largest absolute Gasteiger partial charge is 0.337 e. The van der Waals surface area contributed by atoms with Gasteiger partial charge in [-0.15, -0.1) is 0 Å². The van der Waals surface area contributed by atoms with Gasteiger partial charge in [-0.3, -0.25) is 0 Å². The zero-order chi connectivity index (χ0) is 17.2. The summed E-state index contributed by atoms with van der Waals surface area (Å²) >= 11 is 5.77. The molecule has 7 heteroatoms. The van der Waals surface area contributed by atoms with Crippen LogP contribution >= 0.6 is 11.6 Å². The van der Waals surface area contributed by atoms with Gasteiger partial charge in [-0.2, -0.15) is 0 Å². The third kappa shape index (κ3) is 4.39. The van der Waals surface area contributed by atoms with Crippen LogP contribution in [0.3, 0.4) is 0 Å². The zero-order valence-corrected chi connectivity index (χ0v) is 14.6. The molecule has 1 fully saturated rings. The van der Waals surface area contributed by atoms with Gasteiger partial charge in [0.2, 0.25) is 0 Å². The van der Waals surface area contributed by atoms with E-state index in [0.29, 0.717) is 34.9 Å². The van der Waals surface area contributed by atoms with Crippen LogP contribution in [0.25, 0.3) is 6.08 Å². The van der Waals surface area contributed by atoms with Gasteiger partial charge in [0.05, 0.1) is 5.41 Å². The Labute approximate surface area is 146 Å². The van der Waals surface area contributed by atoms with Crippen molar-refractivity contribution in [1.29, 1.82) is 0 Å². The van der Waals surface area contributed by atoms with E-state index in [9.17, 15) is 13.2 Å². The highest BCUT2D eigenvalue weighted by molar-refractivity contribution is 7.93. The molecule has 128 valence electrons. The predicted octanol–water partition coefficient (Wildman–Crippen LogP) is 3.15. The third-order valence-electron chi connectivity index (χ3n) is 4.49. The molecule has 1 saturated carbocycles. The van der Waals surface area contributed by atoms with Gasteiger partial charge in [0, 0.05) is 11.6 Å². The second-order valence-electron chi connectivity index (χ2n) is 6.25. The number of rotatable bonds is 5. The molecule has 0 heterocycles. The molecule has 0 saturated heterocycles. The molecule has 1 aromatic rings. The Balaban J connectivity index is 1.49. The van der Waals surface area contributed by atoms with E-state index in [1.54, 1.807) is 24.3 Å². The van der Waals surface area contributed by atoms with E-state index < -0.39 is 16.1 Å². The number of benzene rings is 1. The van der Waals surface area contributed by atoms with Crippen molar-refractivity contribution in [3.05, 3.63) is 52.4 Å². The SMILES string of the molecule is O=C(NCC1CC2C=CC1C2)NS(=O)(=O)C=Cc1ccc(Cl)cc1. The summed E-state index contributed by atoms with van der Waals surface area (Å²) in [4.78, 5) is 11.8. The Morgan fingerprint density at radius 3 is 2.58 bits per heavy atom. The Kier molecular flexibility index (Phi) is 4.96. The number of allylic oxidation sites excluding steroid dienone is 2. The lowest BCUT2D eigenvalue weighted by molar-refractivity contribution is 0.243. The number of hydrogen-bond acceptors (Lipinski definition) is 3. The fraction of sp³-hybridized carbons (Fsp3) is 0.353. The maximum absolute atomic E-state index is 11.9. The molecular weight excluding hydrogens is 348 g/mol. The molecule has 3 unspecified atom stereocenters. The number of sulfonamides is 1. The highest BCUT2D eigenvalue weighted by Crippen LogP contribution is 2.42. The minimum Gasteiger partial charge on any atom is -0.337 e. The van der Waals surface area contributed by atoms with E-state index in [2.05, 4.69) is 17.5 Å². The molecule has 3 rings (SSSR count). The summed E-state index contributed by atoms with van der Waals surface area (Å²) < 4.78 is 25.8. The summed E-state index contributed by atoms with van der Waals surface area (Å²) in [6, 6.07) is 6.02. The van der Waals surface area contributed by atoms with E-state index in [4.69, 9.17) is 11.6 Å². The van der Waals surface area contributed by atoms with E-state index in [0.717, 1.165) is 18.2 Å². The maximum atomic E-state index is 11.9. The third-order valence-corrected chi connectivity index (χ3v) is 5.70. The molecule has 5 nitrogen and oxygen atoms in total. The lowest BCUT2D eigenvalue weighted by Gasteiger charge is -2.18. The quantitative estimate of drug-likeness (QED) is 0.786. The van der Waals surface area contributed by atoms with Gasteiger partial charge in [-0.1, -0.05) is 35.9 Å². The number of halogens is 1. The molecule has 0 spiro atoms. The van der Waals surface area contributed by atoms with Crippen molar-refractivity contribution < 1.29 is 13.2 Å². The fourth-order valence-corrected chi connectivity index (χ4v) is 4.16. The Morgan fingerprint density at radius 1 is 1.21 bits per heavy atom. The number of urea groups is 1. The second-order valence-corrected chi connectivity index (χ2v) is 8.25. The molecule has 2 bridgehead atoms. The predicted molar refractivity (Wildman–Crippen MR) is 94.8 cm³/mol. The van der Waals surface area contributed by atoms with Gasteiger partial charge in [0.15, 0.2) is 0 Å². The Bertz CT molecular complexity index is 772. The summed E-state index contributed by atoms with van der Waals surface area (Å²) in [5.74, 6) is 1.53. The first-order valence-electron chi connectivity index (χ1n) is 7.84. The van der Waals surface area contributed by atoms with Crippen LogP contribution in [-0.4, -0.2) is 21.0 Å². The van der Waals surface area contributed by atoms with Crippen molar-refractivity contribution in [3.63, 3.8) is 0 Å². The number of amides is 2. The topological polar surface area (TPSA) is 75.3 Å². The van der Waals surface area contributed by atoms with Crippen LogP contribution in [0.5, 0.6) is 0 Å². The van der Waals surface area contributed by atoms with Gasteiger partial charge >= 0.3 is 6.03 Å². The van der Waals surface area contributed by atoms with Gasteiger partial charge in [-0.25, -0.2) is 17.9 Å². The highest BCUT2D eigenvalue weighted by Gasteiger charge is 2.35. The monoisotopic (exact) mass is 366 g/mol. The molecule has 0 aromatic heterocycles. The Hall–Kier alpha value is -1.79. The average Bonchev–Trinajstić information content (AvgIpc) is 3.15. The summed E-state index contributed by atoms with van der Waals surface area (Å²) in [7, 11) is -3.83. The maximum Gasteiger partial charge on any atom is 0.328 e. The first-order valence-corrected chi connectivity index (χ1v) is 9.76. The molecule has 3 atom stereocenters. The molecule has 24 heavy (non-hydrogen) atoms. The second kappa shape index (κ2) is 6.99. The minimum atomic E-state index is -3.83. The van der Waals surface area contributed by atoms with Gasteiger partial charge in [0.1, 0.15) is 0 Å². The van der Waals surface area contributed by atoms with Gasteiger partial charge < -0.3 is 5.32 Å². The van der Waals surface area contributed by atoms with Crippen LogP contribution in [-0.2, 0) is 10.0 Å². The normalized spacial score (nSPS) is 25.3. The van der Waals surface area contributed by atoms with Crippen molar-refractivity contribution in [3.8, 4) is 0 Å². The number of fused-ring (bicyclic) bond motifs is 2. The van der Waals surface area contributed by atoms with E-state index in [-0.39, 0.29) is 0 Å². The van der Waals surface area contributed by atoms with Crippen LogP contribution in [0.4, 0.5) is 4.79 Å². The van der Waals surface area contributed by atoms with Crippen molar-refractivity contribution in [1.82, 2.24) is 10.0 Å². The van der Waals surface area contributed by atoms with Crippen molar-refractivity contribution in [2.75, 3.05) is 6.54 Å². The van der Waals surface area contributed by atoms with Crippen LogP contribution < -0.4 is 10.0 Å². The van der Waals surface area contributed by atoms with E-state index >= 15 is 0 Å². The van der Waals surface area contributed by atoms with Crippen LogP contribution in [0, 0.1) is 17.8 Å². The number of hydrogen-bond donors (Lipinski definition) is 2.